The first kappa shape index (κ1) is 12.7. The molecule has 3 rings (SSSR count). The van der Waals surface area contributed by atoms with Crippen molar-refractivity contribution in [2.45, 2.75) is 38.8 Å². The zero-order valence-electron chi connectivity index (χ0n) is 11.1. The van der Waals surface area contributed by atoms with Crippen molar-refractivity contribution < 1.29 is 9.59 Å². The van der Waals surface area contributed by atoms with Gasteiger partial charge in [-0.25, -0.2) is 0 Å². The average Bonchev–Trinajstić information content (AvgIpc) is 3.00. The second-order valence-electron chi connectivity index (χ2n) is 5.33. The Bertz CT molecular complexity index is 511. The summed E-state index contributed by atoms with van der Waals surface area (Å²) in [6, 6.07) is -0.200. The van der Waals surface area contributed by atoms with E-state index >= 15 is 0 Å². The Kier molecular flexibility index (Phi) is 3.31. The molecule has 2 aliphatic rings. The maximum Gasteiger partial charge on any atom is 0.245 e. The van der Waals surface area contributed by atoms with Gasteiger partial charge in [0.25, 0.3) is 0 Å². The van der Waals surface area contributed by atoms with Crippen molar-refractivity contribution >= 4 is 23.2 Å². The summed E-state index contributed by atoms with van der Waals surface area (Å²) >= 11 is 1.67. The Morgan fingerprint density at radius 1 is 1.32 bits per heavy atom. The maximum atomic E-state index is 12.5. The van der Waals surface area contributed by atoms with Gasteiger partial charge in [0.1, 0.15) is 6.04 Å². The van der Waals surface area contributed by atoms with Crippen molar-refractivity contribution in [3.8, 4) is 0 Å². The van der Waals surface area contributed by atoms with E-state index in [4.69, 9.17) is 0 Å². The smallest absolute Gasteiger partial charge is 0.245 e. The molecule has 0 saturated carbocycles. The second-order valence-corrected chi connectivity index (χ2v) is 6.08. The molecule has 1 unspecified atom stereocenters. The molecule has 1 aromatic heterocycles. The van der Waals surface area contributed by atoms with Crippen LogP contribution in [0.5, 0.6) is 0 Å². The predicted molar refractivity (Wildman–Crippen MR) is 73.8 cm³/mol. The molecule has 0 aliphatic carbocycles. The molecule has 2 saturated heterocycles. The van der Waals surface area contributed by atoms with Gasteiger partial charge in [0, 0.05) is 26.1 Å². The van der Waals surface area contributed by atoms with Crippen LogP contribution in [0, 0.1) is 6.92 Å². The topological polar surface area (TPSA) is 40.6 Å². The van der Waals surface area contributed by atoms with E-state index in [1.165, 1.54) is 11.1 Å². The number of aryl methyl sites for hydroxylation is 1. The maximum absolute atomic E-state index is 12.5. The van der Waals surface area contributed by atoms with Gasteiger partial charge in [-0.2, -0.15) is 11.3 Å². The summed E-state index contributed by atoms with van der Waals surface area (Å²) < 4.78 is 0. The summed E-state index contributed by atoms with van der Waals surface area (Å²) in [6.07, 6.45) is 2.24. The summed E-state index contributed by atoms with van der Waals surface area (Å²) in [6.45, 7) is 4.02. The lowest BCUT2D eigenvalue weighted by Gasteiger charge is -2.25. The zero-order chi connectivity index (χ0) is 13.4. The quantitative estimate of drug-likeness (QED) is 0.827. The fourth-order valence-electron chi connectivity index (χ4n) is 2.93. The number of carbonyl (C=O) groups excluding carboxylic acids is 2. The highest BCUT2D eigenvalue weighted by Gasteiger charge is 2.39. The van der Waals surface area contributed by atoms with Crippen molar-refractivity contribution in [2.75, 3.05) is 13.1 Å². The molecule has 2 aliphatic heterocycles. The molecule has 2 amide bonds. The number of rotatable bonds is 2. The van der Waals surface area contributed by atoms with Gasteiger partial charge in [0.05, 0.1) is 0 Å². The van der Waals surface area contributed by atoms with E-state index in [2.05, 4.69) is 17.7 Å². The second kappa shape index (κ2) is 4.96. The van der Waals surface area contributed by atoms with Crippen LogP contribution in [0.15, 0.2) is 10.8 Å². The molecule has 0 N–H and O–H groups in total. The van der Waals surface area contributed by atoms with Gasteiger partial charge in [0.2, 0.25) is 11.8 Å². The van der Waals surface area contributed by atoms with Crippen LogP contribution < -0.4 is 0 Å². The summed E-state index contributed by atoms with van der Waals surface area (Å²) in [5, 5.41) is 4.20. The van der Waals surface area contributed by atoms with Gasteiger partial charge < -0.3 is 9.80 Å². The van der Waals surface area contributed by atoms with E-state index in [0.29, 0.717) is 19.5 Å². The summed E-state index contributed by atoms with van der Waals surface area (Å²) in [7, 11) is 0. The Balaban J connectivity index is 1.80. The third-order valence-corrected chi connectivity index (χ3v) is 5.00. The Hall–Kier alpha value is -1.36. The summed E-state index contributed by atoms with van der Waals surface area (Å²) in [4.78, 5) is 28.2. The van der Waals surface area contributed by atoms with E-state index in [-0.39, 0.29) is 17.9 Å². The monoisotopic (exact) mass is 278 g/mol. The molecule has 19 heavy (non-hydrogen) atoms. The molecule has 5 heteroatoms. The number of hydrogen-bond donors (Lipinski definition) is 0. The molecule has 0 bridgehead atoms. The number of hydrogen-bond acceptors (Lipinski definition) is 3. The van der Waals surface area contributed by atoms with E-state index < -0.39 is 0 Å². The van der Waals surface area contributed by atoms with Crippen LogP contribution in [-0.4, -0.2) is 40.7 Å². The first-order valence-electron chi connectivity index (χ1n) is 6.77. The molecule has 0 radical (unpaired) electrons. The van der Waals surface area contributed by atoms with Gasteiger partial charge in [-0.15, -0.1) is 0 Å². The van der Waals surface area contributed by atoms with Gasteiger partial charge in [0.15, 0.2) is 0 Å². The fourth-order valence-corrected chi connectivity index (χ4v) is 3.78. The minimum atomic E-state index is -0.200. The standard InChI is InChI=1S/C14H18N2O2S/c1-10-8-19-9-11(10)7-15-6-4-13(17)16-5-2-3-12(16)14(15)18/h8-9,12H,2-7H2,1H3. The van der Waals surface area contributed by atoms with Gasteiger partial charge in [-0.05, 0) is 41.7 Å². The van der Waals surface area contributed by atoms with Crippen LogP contribution in [0.3, 0.4) is 0 Å². The minimum absolute atomic E-state index is 0.133. The fraction of sp³-hybridized carbons (Fsp3) is 0.571. The number of thiophene rings is 1. The van der Waals surface area contributed by atoms with Crippen LogP contribution in [0.25, 0.3) is 0 Å². The van der Waals surface area contributed by atoms with E-state index in [1.807, 2.05) is 4.90 Å². The molecule has 102 valence electrons. The van der Waals surface area contributed by atoms with Crippen LogP contribution in [-0.2, 0) is 16.1 Å². The predicted octanol–water partition coefficient (Wildman–Crippen LogP) is 1.78. The zero-order valence-corrected chi connectivity index (χ0v) is 11.9. The molecular weight excluding hydrogens is 260 g/mol. The first-order valence-corrected chi connectivity index (χ1v) is 7.71. The number of carbonyl (C=O) groups is 2. The van der Waals surface area contributed by atoms with Crippen LogP contribution >= 0.6 is 11.3 Å². The third-order valence-electron chi connectivity index (χ3n) is 4.09. The normalized spacial score (nSPS) is 23.7. The van der Waals surface area contributed by atoms with Crippen LogP contribution in [0.2, 0.25) is 0 Å². The average molecular weight is 278 g/mol. The summed E-state index contributed by atoms with van der Waals surface area (Å²) in [5.74, 6) is 0.273. The lowest BCUT2D eigenvalue weighted by molar-refractivity contribution is -0.139. The van der Waals surface area contributed by atoms with Gasteiger partial charge >= 0.3 is 0 Å². The molecule has 2 fully saturated rings. The van der Waals surface area contributed by atoms with Gasteiger partial charge in [-0.3, -0.25) is 9.59 Å². The van der Waals surface area contributed by atoms with Crippen molar-refractivity contribution in [1.29, 1.82) is 0 Å². The van der Waals surface area contributed by atoms with Crippen molar-refractivity contribution in [3.05, 3.63) is 21.9 Å². The van der Waals surface area contributed by atoms with Crippen molar-refractivity contribution in [2.24, 2.45) is 0 Å². The Morgan fingerprint density at radius 3 is 2.89 bits per heavy atom. The van der Waals surface area contributed by atoms with E-state index in [9.17, 15) is 9.59 Å². The molecule has 0 spiro atoms. The van der Waals surface area contributed by atoms with Gasteiger partial charge in [-0.1, -0.05) is 0 Å². The molecule has 3 heterocycles. The first-order chi connectivity index (χ1) is 9.16. The largest absolute Gasteiger partial charge is 0.336 e. The molecule has 4 nitrogen and oxygen atoms in total. The highest BCUT2D eigenvalue weighted by atomic mass is 32.1. The van der Waals surface area contributed by atoms with Crippen LogP contribution in [0.1, 0.15) is 30.4 Å². The molecule has 1 atom stereocenters. The highest BCUT2D eigenvalue weighted by molar-refractivity contribution is 7.08. The minimum Gasteiger partial charge on any atom is -0.336 e. The Morgan fingerprint density at radius 2 is 2.16 bits per heavy atom. The number of amides is 2. The lowest BCUT2D eigenvalue weighted by atomic mass is 10.1. The Labute approximate surface area is 117 Å². The van der Waals surface area contributed by atoms with Crippen molar-refractivity contribution in [3.63, 3.8) is 0 Å². The molecule has 0 aromatic carbocycles. The van der Waals surface area contributed by atoms with Crippen LogP contribution in [0.4, 0.5) is 0 Å². The van der Waals surface area contributed by atoms with E-state index in [1.54, 1.807) is 16.2 Å². The third kappa shape index (κ3) is 2.27. The SMILES string of the molecule is Cc1cscc1CN1CCC(=O)N2CCCC2C1=O. The highest BCUT2D eigenvalue weighted by Crippen LogP contribution is 2.25. The number of nitrogens with zero attached hydrogens (tertiary/aromatic N) is 2. The number of fused-ring (bicyclic) bond motifs is 1. The molecular formula is C14H18N2O2S. The lowest BCUT2D eigenvalue weighted by Crippen LogP contribution is -2.43. The summed E-state index contributed by atoms with van der Waals surface area (Å²) in [5.41, 5.74) is 2.44. The van der Waals surface area contributed by atoms with Crippen molar-refractivity contribution in [1.82, 2.24) is 9.80 Å². The van der Waals surface area contributed by atoms with E-state index in [0.717, 1.165) is 19.4 Å². The molecule has 1 aromatic rings.